The predicted molar refractivity (Wildman–Crippen MR) is 53.3 cm³/mol. The number of rotatable bonds is 4. The molecule has 0 aromatic heterocycles. The fourth-order valence-electron chi connectivity index (χ4n) is 0.997. The molecule has 0 atom stereocenters. The molecule has 1 radical (unpaired) electrons. The summed E-state index contributed by atoms with van der Waals surface area (Å²) in [6.45, 7) is 0.525. The van der Waals surface area contributed by atoms with Crippen molar-refractivity contribution in [3.05, 3.63) is 43.0 Å². The van der Waals surface area contributed by atoms with Crippen LogP contribution in [0.4, 0.5) is 0 Å². The first-order valence-corrected chi connectivity index (χ1v) is 4.04. The van der Waals surface area contributed by atoms with Gasteiger partial charge in [0.2, 0.25) is 0 Å². The Kier molecular flexibility index (Phi) is 4.06. The van der Waals surface area contributed by atoms with E-state index in [2.05, 4.69) is 11.8 Å². The fourth-order valence-corrected chi connectivity index (χ4v) is 0.997. The van der Waals surface area contributed by atoms with E-state index >= 15 is 0 Å². The Morgan fingerprint density at radius 3 is 3.00 bits per heavy atom. The Labute approximate surface area is 78.8 Å². The molecule has 0 aliphatic rings. The molecule has 13 heavy (non-hydrogen) atoms. The van der Waals surface area contributed by atoms with Crippen LogP contribution in [0, 0.1) is 7.11 Å². The molecule has 0 heterocycles. The van der Waals surface area contributed by atoms with Gasteiger partial charge in [-0.2, -0.15) is 0 Å². The third-order valence-electron chi connectivity index (χ3n) is 1.62. The SMILES string of the molecule is [CH2]OCC=Cc1cccc(OC)c1. The van der Waals surface area contributed by atoms with Crippen molar-refractivity contribution in [1.82, 2.24) is 0 Å². The van der Waals surface area contributed by atoms with Crippen molar-refractivity contribution in [1.29, 1.82) is 0 Å². The molecule has 69 valence electrons. The Hall–Kier alpha value is -1.28. The quantitative estimate of drug-likeness (QED) is 0.703. The molecule has 0 saturated carbocycles. The molecule has 0 saturated heterocycles. The second-order valence-corrected chi connectivity index (χ2v) is 2.55. The molecule has 0 spiro atoms. The summed E-state index contributed by atoms with van der Waals surface area (Å²) in [5, 5.41) is 0. The maximum atomic E-state index is 5.08. The van der Waals surface area contributed by atoms with Crippen LogP contribution in [-0.2, 0) is 4.74 Å². The zero-order valence-corrected chi connectivity index (χ0v) is 7.69. The molecular formula is C11H13O2. The number of hydrogen-bond acceptors (Lipinski definition) is 2. The van der Waals surface area contributed by atoms with E-state index < -0.39 is 0 Å². The van der Waals surface area contributed by atoms with Crippen LogP contribution in [0.5, 0.6) is 5.75 Å². The normalized spacial score (nSPS) is 10.6. The van der Waals surface area contributed by atoms with Crippen molar-refractivity contribution in [2.45, 2.75) is 0 Å². The first-order chi connectivity index (χ1) is 6.36. The highest BCUT2D eigenvalue weighted by Crippen LogP contribution is 2.13. The number of benzene rings is 1. The minimum atomic E-state index is 0.525. The molecule has 0 aliphatic heterocycles. The van der Waals surface area contributed by atoms with Crippen LogP contribution in [-0.4, -0.2) is 13.7 Å². The van der Waals surface area contributed by atoms with E-state index in [1.54, 1.807) is 7.11 Å². The zero-order valence-electron chi connectivity index (χ0n) is 7.69. The van der Waals surface area contributed by atoms with E-state index in [-0.39, 0.29) is 0 Å². The van der Waals surface area contributed by atoms with E-state index in [1.165, 1.54) is 0 Å². The number of methoxy groups -OCH3 is 1. The molecule has 1 aromatic rings. The average molecular weight is 177 g/mol. The van der Waals surface area contributed by atoms with Crippen molar-refractivity contribution in [2.24, 2.45) is 0 Å². The maximum Gasteiger partial charge on any atom is 0.119 e. The largest absolute Gasteiger partial charge is 0.497 e. The molecule has 0 fully saturated rings. The smallest absolute Gasteiger partial charge is 0.119 e. The number of ether oxygens (including phenoxy) is 2. The molecule has 2 heteroatoms. The van der Waals surface area contributed by atoms with Crippen molar-refractivity contribution >= 4 is 6.08 Å². The highest BCUT2D eigenvalue weighted by molar-refractivity contribution is 5.51. The van der Waals surface area contributed by atoms with E-state index in [1.807, 2.05) is 36.4 Å². The van der Waals surface area contributed by atoms with E-state index in [4.69, 9.17) is 4.74 Å². The maximum absolute atomic E-state index is 5.08. The van der Waals surface area contributed by atoms with Crippen molar-refractivity contribution < 1.29 is 9.47 Å². The Morgan fingerprint density at radius 2 is 2.31 bits per heavy atom. The number of hydrogen-bond donors (Lipinski definition) is 0. The highest BCUT2D eigenvalue weighted by Gasteiger charge is 1.90. The van der Waals surface area contributed by atoms with Crippen LogP contribution in [0.2, 0.25) is 0 Å². The Morgan fingerprint density at radius 1 is 1.46 bits per heavy atom. The van der Waals surface area contributed by atoms with Gasteiger partial charge in [-0.25, -0.2) is 0 Å². The third kappa shape index (κ3) is 3.30. The van der Waals surface area contributed by atoms with Crippen LogP contribution in [0.15, 0.2) is 30.3 Å². The minimum Gasteiger partial charge on any atom is -0.497 e. The topological polar surface area (TPSA) is 18.5 Å². The molecule has 0 aliphatic carbocycles. The standard InChI is InChI=1S/C11H13O2/c1-12-8-4-6-10-5-3-7-11(9-10)13-2/h3-7,9H,1,8H2,2H3. The first kappa shape index (κ1) is 9.81. The molecule has 1 aromatic carbocycles. The van der Waals surface area contributed by atoms with Gasteiger partial charge in [0, 0.05) is 0 Å². The van der Waals surface area contributed by atoms with Crippen LogP contribution >= 0.6 is 0 Å². The highest BCUT2D eigenvalue weighted by atomic mass is 16.5. The monoisotopic (exact) mass is 177 g/mol. The van der Waals surface area contributed by atoms with Gasteiger partial charge < -0.3 is 9.47 Å². The summed E-state index contributed by atoms with van der Waals surface area (Å²) in [6, 6.07) is 7.82. The van der Waals surface area contributed by atoms with E-state index in [0.29, 0.717) is 6.61 Å². The average Bonchev–Trinajstić information content (AvgIpc) is 2.19. The molecule has 2 nitrogen and oxygen atoms in total. The molecule has 0 bridgehead atoms. The summed E-state index contributed by atoms with van der Waals surface area (Å²) in [6.07, 6.45) is 3.87. The van der Waals surface area contributed by atoms with Crippen LogP contribution in [0.25, 0.3) is 6.08 Å². The van der Waals surface area contributed by atoms with E-state index in [0.717, 1.165) is 11.3 Å². The first-order valence-electron chi connectivity index (χ1n) is 4.04. The lowest BCUT2D eigenvalue weighted by atomic mass is 10.2. The summed E-state index contributed by atoms with van der Waals surface area (Å²) in [7, 11) is 4.93. The van der Waals surface area contributed by atoms with Crippen LogP contribution in [0.3, 0.4) is 0 Å². The van der Waals surface area contributed by atoms with Crippen molar-refractivity contribution in [3.8, 4) is 5.75 Å². The lowest BCUT2D eigenvalue weighted by Gasteiger charge is -1.99. The fraction of sp³-hybridized carbons (Fsp3) is 0.182. The molecular weight excluding hydrogens is 164 g/mol. The van der Waals surface area contributed by atoms with Gasteiger partial charge in [0.05, 0.1) is 20.8 Å². The Bertz CT molecular complexity index is 279. The van der Waals surface area contributed by atoms with Gasteiger partial charge in [-0.05, 0) is 17.7 Å². The zero-order chi connectivity index (χ0) is 9.52. The molecule has 1 rings (SSSR count). The molecule has 0 unspecified atom stereocenters. The lowest BCUT2D eigenvalue weighted by molar-refractivity contribution is 0.282. The summed E-state index contributed by atoms with van der Waals surface area (Å²) < 4.78 is 9.74. The van der Waals surface area contributed by atoms with Gasteiger partial charge in [0.25, 0.3) is 0 Å². The van der Waals surface area contributed by atoms with Gasteiger partial charge in [0.1, 0.15) is 5.75 Å². The summed E-state index contributed by atoms with van der Waals surface area (Å²) in [4.78, 5) is 0. The van der Waals surface area contributed by atoms with Gasteiger partial charge in [-0.1, -0.05) is 24.3 Å². The Balaban J connectivity index is 2.66. The van der Waals surface area contributed by atoms with Crippen molar-refractivity contribution in [2.75, 3.05) is 13.7 Å². The van der Waals surface area contributed by atoms with Gasteiger partial charge in [0.15, 0.2) is 0 Å². The van der Waals surface area contributed by atoms with Gasteiger partial charge >= 0.3 is 0 Å². The second-order valence-electron chi connectivity index (χ2n) is 2.55. The molecule has 0 N–H and O–H groups in total. The second kappa shape index (κ2) is 5.38. The third-order valence-corrected chi connectivity index (χ3v) is 1.62. The van der Waals surface area contributed by atoms with Crippen molar-refractivity contribution in [3.63, 3.8) is 0 Å². The molecule has 0 amide bonds. The van der Waals surface area contributed by atoms with Gasteiger partial charge in [-0.3, -0.25) is 0 Å². The van der Waals surface area contributed by atoms with Gasteiger partial charge in [-0.15, -0.1) is 0 Å². The summed E-state index contributed by atoms with van der Waals surface area (Å²) in [5.41, 5.74) is 1.09. The predicted octanol–water partition coefficient (Wildman–Crippen LogP) is 2.52. The summed E-state index contributed by atoms with van der Waals surface area (Å²) in [5.74, 6) is 0.859. The van der Waals surface area contributed by atoms with E-state index in [9.17, 15) is 0 Å². The summed E-state index contributed by atoms with van der Waals surface area (Å²) >= 11 is 0. The van der Waals surface area contributed by atoms with Crippen LogP contribution < -0.4 is 4.74 Å². The van der Waals surface area contributed by atoms with Crippen LogP contribution in [0.1, 0.15) is 5.56 Å². The minimum absolute atomic E-state index is 0.525. The lowest BCUT2D eigenvalue weighted by Crippen LogP contribution is -1.83.